The molecular weight excluding hydrogens is 230 g/mol. The molecule has 1 aromatic heterocycles. The summed E-state index contributed by atoms with van der Waals surface area (Å²) in [6.45, 7) is -1.06. The van der Waals surface area contributed by atoms with E-state index in [1.165, 1.54) is 0 Å². The number of hydrogen-bond donors (Lipinski definition) is 3. The van der Waals surface area contributed by atoms with E-state index in [0.717, 1.165) is 0 Å². The second kappa shape index (κ2) is 4.43. The van der Waals surface area contributed by atoms with Crippen molar-refractivity contribution >= 4 is 11.8 Å². The highest BCUT2D eigenvalue weighted by Gasteiger charge is 2.11. The summed E-state index contributed by atoms with van der Waals surface area (Å²) in [5, 5.41) is 17.6. The van der Waals surface area contributed by atoms with Gasteiger partial charge in [-0.1, -0.05) is 0 Å². The van der Waals surface area contributed by atoms with Crippen LogP contribution in [0.15, 0.2) is 14.4 Å². The first-order valence-electron chi connectivity index (χ1n) is 3.88. The fourth-order valence-corrected chi connectivity index (χ4v) is 1.05. The van der Waals surface area contributed by atoms with Crippen molar-refractivity contribution in [3.05, 3.63) is 31.5 Å². The van der Waals surface area contributed by atoms with Crippen molar-refractivity contribution < 1.29 is 10.2 Å². The minimum atomic E-state index is -1.28. The van der Waals surface area contributed by atoms with E-state index in [4.69, 9.17) is 22.0 Å². The average Bonchev–Trinajstić information content (AvgIpc) is 2.21. The zero-order chi connectivity index (χ0) is 11.6. The lowest BCUT2D eigenvalue weighted by Crippen LogP contribution is -2.48. The van der Waals surface area contributed by atoms with Crippen molar-refractivity contribution in [3.63, 3.8) is 0 Å². The highest BCUT2D eigenvalue weighted by Crippen LogP contribution is 1.82. The molecule has 1 atom stereocenters. The Hall–Kier alpha value is -1.38. The molecular formula is C6H8ClN3O5. The quantitative estimate of drug-likeness (QED) is 0.520. The van der Waals surface area contributed by atoms with Gasteiger partial charge in [-0.3, -0.25) is 4.98 Å². The molecule has 9 heteroatoms. The SMILES string of the molecule is O=c1[nH]c(=O)n(CC(O)CO)c(=O)n1Cl. The van der Waals surface area contributed by atoms with Crippen LogP contribution in [0.2, 0.25) is 0 Å². The smallest absolute Gasteiger partial charge is 0.351 e. The number of nitrogens with one attached hydrogen (secondary N) is 1. The predicted molar refractivity (Wildman–Crippen MR) is 49.9 cm³/mol. The molecule has 1 unspecified atom stereocenters. The maximum absolute atomic E-state index is 11.2. The van der Waals surface area contributed by atoms with Crippen LogP contribution in [0.25, 0.3) is 0 Å². The van der Waals surface area contributed by atoms with Gasteiger partial charge in [-0.15, -0.1) is 0 Å². The van der Waals surface area contributed by atoms with E-state index in [0.29, 0.717) is 4.57 Å². The van der Waals surface area contributed by atoms with Crippen LogP contribution in [0.1, 0.15) is 0 Å². The first-order chi connectivity index (χ1) is 6.97. The van der Waals surface area contributed by atoms with Crippen molar-refractivity contribution in [2.75, 3.05) is 6.61 Å². The monoisotopic (exact) mass is 237 g/mol. The summed E-state index contributed by atoms with van der Waals surface area (Å²) >= 11 is 5.24. The van der Waals surface area contributed by atoms with E-state index < -0.39 is 36.3 Å². The highest BCUT2D eigenvalue weighted by atomic mass is 35.5. The van der Waals surface area contributed by atoms with Gasteiger partial charge >= 0.3 is 17.1 Å². The Morgan fingerprint density at radius 1 is 1.33 bits per heavy atom. The standard InChI is InChI=1S/C6H8ClN3O5/c7-10-5(14)8-4(13)9(6(10)15)1-3(12)2-11/h3,11-12H,1-2H2,(H,8,13,14). The topological polar surface area (TPSA) is 117 Å². The van der Waals surface area contributed by atoms with Crippen LogP contribution in [-0.4, -0.2) is 36.6 Å². The largest absolute Gasteiger partial charge is 0.394 e. The number of aromatic amines is 1. The molecule has 0 aliphatic rings. The molecule has 0 aliphatic heterocycles. The van der Waals surface area contributed by atoms with Gasteiger partial charge in [0.05, 0.1) is 19.3 Å². The average molecular weight is 238 g/mol. The lowest BCUT2D eigenvalue weighted by atomic mass is 10.4. The Morgan fingerprint density at radius 3 is 2.47 bits per heavy atom. The zero-order valence-electron chi connectivity index (χ0n) is 7.38. The molecule has 1 heterocycles. The molecule has 0 aliphatic carbocycles. The Bertz CT molecular complexity index is 515. The van der Waals surface area contributed by atoms with Crippen LogP contribution in [0.3, 0.4) is 0 Å². The summed E-state index contributed by atoms with van der Waals surface area (Å²) in [6, 6.07) is 0. The number of nitrogens with zero attached hydrogens (tertiary/aromatic N) is 2. The second-order valence-corrected chi connectivity index (χ2v) is 3.08. The van der Waals surface area contributed by atoms with E-state index >= 15 is 0 Å². The van der Waals surface area contributed by atoms with Gasteiger partial charge in [-0.25, -0.2) is 19.0 Å². The summed E-state index contributed by atoms with van der Waals surface area (Å²) in [5.74, 6) is 0. The maximum atomic E-state index is 11.2. The molecule has 0 spiro atoms. The Balaban J connectivity index is 3.31. The molecule has 0 bridgehead atoms. The van der Waals surface area contributed by atoms with Crippen molar-refractivity contribution in [2.45, 2.75) is 12.6 Å². The molecule has 8 nitrogen and oxygen atoms in total. The molecule has 0 aromatic carbocycles. The highest BCUT2D eigenvalue weighted by molar-refractivity contribution is 6.14. The van der Waals surface area contributed by atoms with Gasteiger partial charge in [0.25, 0.3) is 0 Å². The predicted octanol–water partition coefficient (Wildman–Crippen LogP) is -2.95. The molecule has 3 N–H and O–H groups in total. The minimum absolute atomic E-state index is 0.172. The number of H-pyrrole nitrogens is 1. The summed E-state index contributed by atoms with van der Waals surface area (Å²) in [6.07, 6.45) is -1.28. The van der Waals surface area contributed by atoms with Gasteiger partial charge < -0.3 is 10.2 Å². The van der Waals surface area contributed by atoms with E-state index in [9.17, 15) is 14.4 Å². The molecule has 0 saturated carbocycles. The second-order valence-electron chi connectivity index (χ2n) is 2.75. The van der Waals surface area contributed by atoms with Crippen molar-refractivity contribution in [1.29, 1.82) is 0 Å². The van der Waals surface area contributed by atoms with Gasteiger partial charge in [-0.2, -0.15) is 4.09 Å². The van der Waals surface area contributed by atoms with E-state index in [-0.39, 0.29) is 4.09 Å². The first-order valence-corrected chi connectivity index (χ1v) is 4.22. The van der Waals surface area contributed by atoms with Gasteiger partial charge in [0.1, 0.15) is 0 Å². The Morgan fingerprint density at radius 2 is 1.93 bits per heavy atom. The molecule has 1 aromatic rings. The van der Waals surface area contributed by atoms with E-state index in [2.05, 4.69) is 0 Å². The molecule has 15 heavy (non-hydrogen) atoms. The van der Waals surface area contributed by atoms with Crippen molar-refractivity contribution in [2.24, 2.45) is 0 Å². The summed E-state index contributed by atoms with van der Waals surface area (Å²) < 4.78 is 0.681. The van der Waals surface area contributed by atoms with Crippen molar-refractivity contribution in [3.8, 4) is 0 Å². The number of hydrogen-bond acceptors (Lipinski definition) is 5. The maximum Gasteiger partial charge on any atom is 0.351 e. The number of aliphatic hydroxyl groups is 2. The van der Waals surface area contributed by atoms with E-state index in [1.54, 1.807) is 4.98 Å². The molecule has 0 saturated heterocycles. The van der Waals surface area contributed by atoms with E-state index in [1.807, 2.05) is 0 Å². The number of aliphatic hydroxyl groups excluding tert-OH is 2. The summed E-state index contributed by atoms with van der Waals surface area (Å²) in [5.41, 5.74) is -3.12. The van der Waals surface area contributed by atoms with Crippen LogP contribution in [-0.2, 0) is 6.54 Å². The fraction of sp³-hybridized carbons (Fsp3) is 0.500. The molecule has 84 valence electrons. The van der Waals surface area contributed by atoms with Crippen LogP contribution < -0.4 is 17.1 Å². The molecule has 0 amide bonds. The van der Waals surface area contributed by atoms with Crippen LogP contribution in [0.4, 0.5) is 0 Å². The Labute approximate surface area is 87.1 Å². The summed E-state index contributed by atoms with van der Waals surface area (Å²) in [4.78, 5) is 34.9. The zero-order valence-corrected chi connectivity index (χ0v) is 8.14. The van der Waals surface area contributed by atoms with Gasteiger partial charge in [0, 0.05) is 11.8 Å². The van der Waals surface area contributed by atoms with Crippen LogP contribution >= 0.6 is 11.8 Å². The molecule has 0 fully saturated rings. The van der Waals surface area contributed by atoms with Gasteiger partial charge in [0.2, 0.25) is 0 Å². The third-order valence-corrected chi connectivity index (χ3v) is 1.94. The lowest BCUT2D eigenvalue weighted by molar-refractivity contribution is 0.0786. The van der Waals surface area contributed by atoms with Crippen molar-refractivity contribution in [1.82, 2.24) is 13.6 Å². The normalized spacial score (nSPS) is 12.7. The van der Waals surface area contributed by atoms with Crippen LogP contribution in [0.5, 0.6) is 0 Å². The number of aromatic nitrogens is 3. The van der Waals surface area contributed by atoms with Crippen LogP contribution in [0, 0.1) is 0 Å². The minimum Gasteiger partial charge on any atom is -0.394 e. The summed E-state index contributed by atoms with van der Waals surface area (Å²) in [7, 11) is 0. The third-order valence-electron chi connectivity index (χ3n) is 1.64. The number of halogens is 1. The lowest BCUT2D eigenvalue weighted by Gasteiger charge is -2.08. The Kier molecular flexibility index (Phi) is 3.45. The third kappa shape index (κ3) is 2.35. The molecule has 1 rings (SSSR count). The first kappa shape index (κ1) is 11.7. The van der Waals surface area contributed by atoms with Gasteiger partial charge in [-0.05, 0) is 0 Å². The molecule has 0 radical (unpaired) electrons. The number of rotatable bonds is 3. The fourth-order valence-electron chi connectivity index (χ4n) is 0.917. The van der Waals surface area contributed by atoms with Gasteiger partial charge in [0.15, 0.2) is 0 Å².